The number of nitrogens with zero attached hydrogens (tertiary/aromatic N) is 3. The summed E-state index contributed by atoms with van der Waals surface area (Å²) in [6.45, 7) is 7.41. The van der Waals surface area contributed by atoms with Crippen LogP contribution in [0.3, 0.4) is 0 Å². The topological polar surface area (TPSA) is 51.4 Å². The molecule has 0 saturated carbocycles. The van der Waals surface area contributed by atoms with Crippen molar-refractivity contribution in [3.05, 3.63) is 51.0 Å². The van der Waals surface area contributed by atoms with Crippen LogP contribution in [0.15, 0.2) is 35.5 Å². The van der Waals surface area contributed by atoms with Gasteiger partial charge in [-0.25, -0.2) is 4.98 Å². The molecule has 0 atom stereocenters. The highest BCUT2D eigenvalue weighted by atomic mass is 35.5. The molecule has 8 heteroatoms. The molecule has 0 saturated heterocycles. The summed E-state index contributed by atoms with van der Waals surface area (Å²) in [6.07, 6.45) is 2.76. The molecule has 1 heterocycles. The van der Waals surface area contributed by atoms with E-state index in [-0.39, 0.29) is 0 Å². The maximum Gasteiger partial charge on any atom is 0.208 e. The molecule has 0 aliphatic rings. The van der Waals surface area contributed by atoms with Crippen LogP contribution in [0.25, 0.3) is 11.0 Å². The minimum atomic E-state index is 0.511. The van der Waals surface area contributed by atoms with Crippen LogP contribution in [0.2, 0.25) is 15.1 Å². The van der Waals surface area contributed by atoms with Crippen molar-refractivity contribution < 1.29 is 4.84 Å². The number of fused-ring (bicyclic) bond motifs is 1. The van der Waals surface area contributed by atoms with Gasteiger partial charge in [-0.2, -0.15) is 0 Å². The maximum atomic E-state index is 6.54. The molecule has 0 bridgehead atoms. The van der Waals surface area contributed by atoms with E-state index >= 15 is 0 Å². The smallest absolute Gasteiger partial charge is 0.208 e. The number of imidazole rings is 1. The van der Waals surface area contributed by atoms with E-state index in [1.54, 1.807) is 12.1 Å². The minimum absolute atomic E-state index is 0.511. The SMILES string of the molecule is CCCCn1c(Nc2ccc(Cl)cc2Cl)nc2c(Cl)ccc(/C(CC)=N/OCC)c21. The summed E-state index contributed by atoms with van der Waals surface area (Å²) in [5, 5.41) is 9.36. The van der Waals surface area contributed by atoms with Gasteiger partial charge in [-0.15, -0.1) is 0 Å². The molecule has 1 aromatic heterocycles. The number of unbranched alkanes of at least 4 members (excludes halogenated alkanes) is 1. The standard InChI is InChI=1S/C22H25Cl3N4O/c1-4-7-12-29-21-15(18(5-2)28-30-6-3)9-10-16(24)20(21)27-22(29)26-19-11-8-14(23)13-17(19)25/h8-11,13H,4-7,12H2,1-3H3,(H,26,27)/b28-18+. The number of oxime groups is 1. The van der Waals surface area contributed by atoms with E-state index in [9.17, 15) is 0 Å². The number of hydrogen-bond acceptors (Lipinski definition) is 4. The third kappa shape index (κ3) is 4.85. The van der Waals surface area contributed by atoms with Gasteiger partial charge in [0.05, 0.1) is 27.0 Å². The lowest BCUT2D eigenvalue weighted by Gasteiger charge is -2.14. The Morgan fingerprint density at radius 2 is 1.90 bits per heavy atom. The quantitative estimate of drug-likeness (QED) is 0.259. The highest BCUT2D eigenvalue weighted by Crippen LogP contribution is 2.34. The van der Waals surface area contributed by atoms with E-state index in [0.29, 0.717) is 27.6 Å². The summed E-state index contributed by atoms with van der Waals surface area (Å²) < 4.78 is 2.14. The number of rotatable bonds is 9. The first-order chi connectivity index (χ1) is 14.5. The third-order valence-electron chi connectivity index (χ3n) is 4.71. The van der Waals surface area contributed by atoms with E-state index < -0.39 is 0 Å². The van der Waals surface area contributed by atoms with Crippen LogP contribution in [-0.4, -0.2) is 21.9 Å². The van der Waals surface area contributed by atoms with Gasteiger partial charge in [-0.05, 0) is 50.1 Å². The first-order valence-electron chi connectivity index (χ1n) is 10.1. The van der Waals surface area contributed by atoms with Crippen molar-refractivity contribution in [2.45, 2.75) is 46.6 Å². The molecule has 160 valence electrons. The molecule has 0 fully saturated rings. The van der Waals surface area contributed by atoms with Gasteiger partial charge >= 0.3 is 0 Å². The van der Waals surface area contributed by atoms with Gasteiger partial charge in [0, 0.05) is 17.1 Å². The van der Waals surface area contributed by atoms with Crippen molar-refractivity contribution in [1.29, 1.82) is 0 Å². The lowest BCUT2D eigenvalue weighted by Crippen LogP contribution is -2.08. The Morgan fingerprint density at radius 1 is 1.10 bits per heavy atom. The molecule has 0 aliphatic carbocycles. The Morgan fingerprint density at radius 3 is 2.57 bits per heavy atom. The van der Waals surface area contributed by atoms with E-state index in [2.05, 4.69) is 28.9 Å². The zero-order chi connectivity index (χ0) is 21.7. The third-order valence-corrected chi connectivity index (χ3v) is 5.56. The molecular formula is C22H25Cl3N4O. The average molecular weight is 468 g/mol. The Kier molecular flexibility index (Phi) is 7.87. The summed E-state index contributed by atoms with van der Waals surface area (Å²) in [7, 11) is 0. The molecule has 0 radical (unpaired) electrons. The molecular weight excluding hydrogens is 443 g/mol. The van der Waals surface area contributed by atoms with Gasteiger partial charge < -0.3 is 14.7 Å². The predicted molar refractivity (Wildman–Crippen MR) is 128 cm³/mol. The molecule has 0 spiro atoms. The molecule has 2 aromatic carbocycles. The normalized spacial score (nSPS) is 11.9. The zero-order valence-electron chi connectivity index (χ0n) is 17.3. The van der Waals surface area contributed by atoms with Crippen LogP contribution in [0.4, 0.5) is 11.6 Å². The maximum absolute atomic E-state index is 6.54. The van der Waals surface area contributed by atoms with Crippen molar-refractivity contribution in [1.82, 2.24) is 9.55 Å². The second-order valence-electron chi connectivity index (χ2n) is 6.79. The lowest BCUT2D eigenvalue weighted by molar-refractivity contribution is 0.158. The molecule has 0 unspecified atom stereocenters. The highest BCUT2D eigenvalue weighted by molar-refractivity contribution is 6.37. The van der Waals surface area contributed by atoms with E-state index in [4.69, 9.17) is 44.6 Å². The molecule has 0 amide bonds. The van der Waals surface area contributed by atoms with Crippen molar-refractivity contribution >= 4 is 63.2 Å². The van der Waals surface area contributed by atoms with E-state index in [0.717, 1.165) is 53.8 Å². The van der Waals surface area contributed by atoms with Crippen molar-refractivity contribution in [3.8, 4) is 0 Å². The van der Waals surface area contributed by atoms with Crippen LogP contribution < -0.4 is 5.32 Å². The Bertz CT molecular complexity index is 1060. The Labute approximate surface area is 192 Å². The number of halogens is 3. The first kappa shape index (κ1) is 22.7. The molecule has 0 aliphatic heterocycles. The van der Waals surface area contributed by atoms with Crippen molar-refractivity contribution in [3.63, 3.8) is 0 Å². The monoisotopic (exact) mass is 466 g/mol. The van der Waals surface area contributed by atoms with E-state index in [1.165, 1.54) is 0 Å². The van der Waals surface area contributed by atoms with Gasteiger partial charge in [-0.1, -0.05) is 60.2 Å². The zero-order valence-corrected chi connectivity index (χ0v) is 19.6. The summed E-state index contributed by atoms with van der Waals surface area (Å²) in [6, 6.07) is 9.16. The highest BCUT2D eigenvalue weighted by Gasteiger charge is 2.20. The summed E-state index contributed by atoms with van der Waals surface area (Å²) in [4.78, 5) is 10.2. The average Bonchev–Trinajstić information content (AvgIpc) is 3.09. The van der Waals surface area contributed by atoms with Crippen LogP contribution in [0.5, 0.6) is 0 Å². The fourth-order valence-electron chi connectivity index (χ4n) is 3.23. The molecule has 3 aromatic rings. The lowest BCUT2D eigenvalue weighted by atomic mass is 10.1. The van der Waals surface area contributed by atoms with Crippen LogP contribution in [0.1, 0.15) is 45.6 Å². The number of benzene rings is 2. The van der Waals surface area contributed by atoms with E-state index in [1.807, 2.05) is 25.1 Å². The Hall–Kier alpha value is -1.95. The minimum Gasteiger partial charge on any atom is -0.396 e. The van der Waals surface area contributed by atoms with Gasteiger partial charge in [0.2, 0.25) is 5.95 Å². The van der Waals surface area contributed by atoms with Gasteiger partial charge in [0.25, 0.3) is 0 Å². The number of aryl methyl sites for hydroxylation is 1. The van der Waals surface area contributed by atoms with Crippen molar-refractivity contribution in [2.75, 3.05) is 11.9 Å². The van der Waals surface area contributed by atoms with Crippen LogP contribution in [-0.2, 0) is 11.4 Å². The summed E-state index contributed by atoms with van der Waals surface area (Å²) >= 11 is 19.0. The fraction of sp³-hybridized carbons (Fsp3) is 0.364. The second kappa shape index (κ2) is 10.4. The Balaban J connectivity index is 2.20. The van der Waals surface area contributed by atoms with Crippen LogP contribution in [0, 0.1) is 0 Å². The molecule has 3 rings (SSSR count). The van der Waals surface area contributed by atoms with Crippen molar-refractivity contribution in [2.24, 2.45) is 5.16 Å². The molecule has 5 nitrogen and oxygen atoms in total. The first-order valence-corrected chi connectivity index (χ1v) is 11.2. The summed E-state index contributed by atoms with van der Waals surface area (Å²) in [5.74, 6) is 0.670. The summed E-state index contributed by atoms with van der Waals surface area (Å²) in [5.41, 5.74) is 4.20. The second-order valence-corrected chi connectivity index (χ2v) is 8.04. The van der Waals surface area contributed by atoms with Gasteiger partial charge in [0.1, 0.15) is 12.1 Å². The largest absolute Gasteiger partial charge is 0.396 e. The predicted octanol–water partition coefficient (Wildman–Crippen LogP) is 7.69. The fourth-order valence-corrected chi connectivity index (χ4v) is 3.88. The number of aromatic nitrogens is 2. The number of nitrogens with one attached hydrogen (secondary N) is 1. The van der Waals surface area contributed by atoms with Crippen LogP contribution >= 0.6 is 34.8 Å². The van der Waals surface area contributed by atoms with Gasteiger partial charge in [0.15, 0.2) is 0 Å². The van der Waals surface area contributed by atoms with Gasteiger partial charge in [-0.3, -0.25) is 0 Å². The number of hydrogen-bond donors (Lipinski definition) is 1. The molecule has 30 heavy (non-hydrogen) atoms. The number of anilines is 2. The molecule has 1 N–H and O–H groups in total.